The van der Waals surface area contributed by atoms with Crippen molar-refractivity contribution in [2.24, 2.45) is 0 Å². The van der Waals surface area contributed by atoms with Crippen molar-refractivity contribution in [1.82, 2.24) is 0 Å². The van der Waals surface area contributed by atoms with Crippen LogP contribution in [0.4, 0.5) is 8.78 Å². The van der Waals surface area contributed by atoms with E-state index in [9.17, 15) is 8.78 Å². The number of hydrogen-bond acceptors (Lipinski definition) is 2. The Morgan fingerprint density at radius 2 is 1.95 bits per heavy atom. The van der Waals surface area contributed by atoms with E-state index < -0.39 is 11.6 Å². The minimum absolute atomic E-state index is 0.0730. The molecule has 0 aliphatic rings. The zero-order valence-electron chi connectivity index (χ0n) is 9.66. The summed E-state index contributed by atoms with van der Waals surface area (Å²) in [4.78, 5) is 0. The van der Waals surface area contributed by atoms with Crippen LogP contribution in [0.25, 0.3) is 0 Å². The Kier molecular flexibility index (Phi) is 3.98. The lowest BCUT2D eigenvalue weighted by atomic mass is 10.2. The molecule has 0 amide bonds. The van der Waals surface area contributed by atoms with Gasteiger partial charge in [0.2, 0.25) is 0 Å². The molecule has 2 aromatic carbocycles. The Hall–Kier alpha value is -2.12. The van der Waals surface area contributed by atoms with Crippen LogP contribution in [0.15, 0.2) is 36.4 Å². The smallest absolute Gasteiger partial charge is 0.139 e. The lowest BCUT2D eigenvalue weighted by Crippen LogP contribution is -2.00. The molecule has 0 spiro atoms. The molecule has 2 nitrogen and oxygen atoms in total. The summed E-state index contributed by atoms with van der Waals surface area (Å²) < 4.78 is 31.7. The minimum Gasteiger partial charge on any atom is -0.487 e. The van der Waals surface area contributed by atoms with Crippen molar-refractivity contribution in [3.05, 3.63) is 64.2 Å². The Morgan fingerprint density at radius 3 is 2.68 bits per heavy atom. The van der Waals surface area contributed by atoms with Gasteiger partial charge in [-0.1, -0.05) is 11.6 Å². The van der Waals surface area contributed by atoms with Crippen LogP contribution in [0.2, 0.25) is 5.02 Å². The van der Waals surface area contributed by atoms with E-state index in [1.807, 2.05) is 6.07 Å². The number of ether oxygens (including phenoxy) is 1. The fourth-order valence-electron chi connectivity index (χ4n) is 1.52. The molecule has 0 saturated heterocycles. The van der Waals surface area contributed by atoms with Gasteiger partial charge in [-0.05, 0) is 30.3 Å². The molecule has 0 atom stereocenters. The number of nitrogens with zero attached hydrogens (tertiary/aromatic N) is 1. The summed E-state index contributed by atoms with van der Waals surface area (Å²) in [5, 5.41) is 9.30. The maximum Gasteiger partial charge on any atom is 0.139 e. The molecular formula is C14H8ClF2NO. The van der Waals surface area contributed by atoms with E-state index in [0.717, 1.165) is 18.2 Å². The van der Waals surface area contributed by atoms with Crippen LogP contribution >= 0.6 is 11.6 Å². The number of rotatable bonds is 3. The van der Waals surface area contributed by atoms with Gasteiger partial charge in [0, 0.05) is 16.7 Å². The first kappa shape index (κ1) is 13.3. The highest BCUT2D eigenvalue weighted by atomic mass is 35.5. The van der Waals surface area contributed by atoms with Gasteiger partial charge in [-0.15, -0.1) is 0 Å². The van der Waals surface area contributed by atoms with Gasteiger partial charge >= 0.3 is 0 Å². The van der Waals surface area contributed by atoms with E-state index in [1.54, 1.807) is 6.07 Å². The van der Waals surface area contributed by atoms with Crippen molar-refractivity contribution in [2.45, 2.75) is 6.61 Å². The molecule has 0 fully saturated rings. The lowest BCUT2D eigenvalue weighted by molar-refractivity contribution is 0.298. The summed E-state index contributed by atoms with van der Waals surface area (Å²) in [7, 11) is 0. The third-order valence-corrected chi connectivity index (χ3v) is 2.69. The predicted molar refractivity (Wildman–Crippen MR) is 66.9 cm³/mol. The average molecular weight is 280 g/mol. The zero-order valence-corrected chi connectivity index (χ0v) is 10.4. The van der Waals surface area contributed by atoms with Gasteiger partial charge in [-0.3, -0.25) is 0 Å². The topological polar surface area (TPSA) is 33.0 Å². The van der Waals surface area contributed by atoms with Crippen LogP contribution in [-0.4, -0.2) is 0 Å². The highest BCUT2D eigenvalue weighted by Gasteiger charge is 2.08. The van der Waals surface area contributed by atoms with Crippen LogP contribution in [0.5, 0.6) is 5.75 Å². The summed E-state index contributed by atoms with van der Waals surface area (Å²) in [6, 6.07) is 9.54. The Morgan fingerprint density at radius 1 is 1.16 bits per heavy atom. The van der Waals surface area contributed by atoms with Gasteiger partial charge in [0.1, 0.15) is 30.1 Å². The second-order valence-corrected chi connectivity index (χ2v) is 4.21. The Balaban J connectivity index is 2.21. The molecule has 0 saturated carbocycles. The molecule has 2 aromatic rings. The third kappa shape index (κ3) is 3.21. The van der Waals surface area contributed by atoms with Gasteiger partial charge in [0.05, 0.1) is 5.56 Å². The molecule has 0 heterocycles. The summed E-state index contributed by atoms with van der Waals surface area (Å²) in [5.41, 5.74) is 0.352. The quantitative estimate of drug-likeness (QED) is 0.848. The van der Waals surface area contributed by atoms with Crippen molar-refractivity contribution in [2.75, 3.05) is 0 Å². The highest BCUT2D eigenvalue weighted by molar-refractivity contribution is 6.30. The minimum atomic E-state index is -0.568. The van der Waals surface area contributed by atoms with E-state index in [0.29, 0.717) is 5.02 Å². The predicted octanol–water partition coefficient (Wildman–Crippen LogP) is 4.07. The van der Waals surface area contributed by atoms with E-state index >= 15 is 0 Å². The van der Waals surface area contributed by atoms with Crippen LogP contribution < -0.4 is 4.74 Å². The molecule has 0 unspecified atom stereocenters. The number of benzene rings is 2. The van der Waals surface area contributed by atoms with Crippen LogP contribution in [0, 0.1) is 23.0 Å². The molecule has 0 N–H and O–H groups in total. The second kappa shape index (κ2) is 5.68. The largest absolute Gasteiger partial charge is 0.487 e. The molecular weight excluding hydrogens is 272 g/mol. The van der Waals surface area contributed by atoms with Crippen molar-refractivity contribution >= 4 is 11.6 Å². The van der Waals surface area contributed by atoms with E-state index in [1.165, 1.54) is 12.1 Å². The van der Waals surface area contributed by atoms with E-state index in [4.69, 9.17) is 21.6 Å². The molecule has 0 aliphatic heterocycles. The summed E-state index contributed by atoms with van der Waals surface area (Å²) in [6.45, 7) is -0.182. The van der Waals surface area contributed by atoms with E-state index in [2.05, 4.69) is 0 Å². The average Bonchev–Trinajstić information content (AvgIpc) is 2.40. The summed E-state index contributed by atoms with van der Waals surface area (Å²) in [5.74, 6) is -0.882. The normalized spacial score (nSPS) is 10.0. The van der Waals surface area contributed by atoms with Crippen LogP contribution in [0.1, 0.15) is 11.1 Å². The highest BCUT2D eigenvalue weighted by Crippen LogP contribution is 2.24. The molecule has 2 rings (SSSR count). The monoisotopic (exact) mass is 279 g/mol. The van der Waals surface area contributed by atoms with E-state index in [-0.39, 0.29) is 23.5 Å². The van der Waals surface area contributed by atoms with Gasteiger partial charge in [-0.25, -0.2) is 8.78 Å². The SMILES string of the molecule is N#Cc1ccc(Cl)cc1OCc1cc(F)ccc1F. The molecule has 0 aliphatic carbocycles. The van der Waals surface area contributed by atoms with Crippen molar-refractivity contribution in [3.63, 3.8) is 0 Å². The number of nitriles is 1. The fraction of sp³-hybridized carbons (Fsp3) is 0.0714. The van der Waals surface area contributed by atoms with Crippen LogP contribution in [0.3, 0.4) is 0 Å². The maximum absolute atomic E-state index is 13.4. The lowest BCUT2D eigenvalue weighted by Gasteiger charge is -2.09. The molecule has 0 radical (unpaired) electrons. The standard InChI is InChI=1S/C14H8ClF2NO/c15-11-2-1-9(7-18)14(6-11)19-8-10-5-12(16)3-4-13(10)17/h1-6H,8H2. The first-order valence-electron chi connectivity index (χ1n) is 5.36. The first-order valence-corrected chi connectivity index (χ1v) is 5.74. The van der Waals surface area contributed by atoms with Crippen molar-refractivity contribution < 1.29 is 13.5 Å². The Bertz CT molecular complexity index is 652. The van der Waals surface area contributed by atoms with Crippen molar-refractivity contribution in [3.8, 4) is 11.8 Å². The zero-order chi connectivity index (χ0) is 13.8. The van der Waals surface area contributed by atoms with Crippen LogP contribution in [-0.2, 0) is 6.61 Å². The van der Waals surface area contributed by atoms with Gasteiger partial charge in [0.15, 0.2) is 0 Å². The fourth-order valence-corrected chi connectivity index (χ4v) is 1.68. The van der Waals surface area contributed by atoms with Gasteiger partial charge in [0.25, 0.3) is 0 Å². The van der Waals surface area contributed by atoms with Gasteiger partial charge in [-0.2, -0.15) is 5.26 Å². The van der Waals surface area contributed by atoms with Crippen molar-refractivity contribution in [1.29, 1.82) is 5.26 Å². The number of halogens is 3. The molecule has 0 aromatic heterocycles. The van der Waals surface area contributed by atoms with Gasteiger partial charge < -0.3 is 4.74 Å². The first-order chi connectivity index (χ1) is 9.10. The second-order valence-electron chi connectivity index (χ2n) is 3.78. The summed E-state index contributed by atoms with van der Waals surface area (Å²) >= 11 is 5.79. The maximum atomic E-state index is 13.4. The molecule has 96 valence electrons. The third-order valence-electron chi connectivity index (χ3n) is 2.46. The molecule has 0 bridgehead atoms. The molecule has 19 heavy (non-hydrogen) atoms. The number of hydrogen-bond donors (Lipinski definition) is 0. The summed E-state index contributed by atoms with van der Waals surface area (Å²) in [6.07, 6.45) is 0. The molecule has 5 heteroatoms. The Labute approximate surface area is 113 Å².